The predicted octanol–water partition coefficient (Wildman–Crippen LogP) is 6.40. The van der Waals surface area contributed by atoms with Crippen molar-refractivity contribution >= 4 is 46.2 Å². The van der Waals surface area contributed by atoms with E-state index < -0.39 is 10.9 Å². The van der Waals surface area contributed by atoms with Gasteiger partial charge in [0.1, 0.15) is 11.4 Å². The molecule has 0 saturated carbocycles. The van der Waals surface area contributed by atoms with Crippen LogP contribution in [0.2, 0.25) is 10.0 Å². The van der Waals surface area contributed by atoms with Gasteiger partial charge in [-0.15, -0.1) is 0 Å². The Kier molecular flexibility index (Phi) is 10.9. The van der Waals surface area contributed by atoms with Gasteiger partial charge in [-0.25, -0.2) is 0 Å². The predicted molar refractivity (Wildman–Crippen MR) is 168 cm³/mol. The molecule has 0 aliphatic rings. The van der Waals surface area contributed by atoms with E-state index in [1.807, 2.05) is 43.3 Å². The molecule has 4 rings (SSSR count). The quantitative estimate of drug-likeness (QED) is 0.130. The number of benzene rings is 3. The molecule has 4 aromatic rings. The summed E-state index contributed by atoms with van der Waals surface area (Å²) in [5.41, 5.74) is 6.89. The first-order chi connectivity index (χ1) is 19.5. The molecule has 0 aliphatic heterocycles. The first kappa shape index (κ1) is 31.7. The molecule has 0 heterocycles. The van der Waals surface area contributed by atoms with Gasteiger partial charge >= 0.3 is 0 Å². The fourth-order valence-corrected chi connectivity index (χ4v) is 4.53. The molecule has 0 saturated heterocycles. The number of carbonyl (C=O) groups is 1. The van der Waals surface area contributed by atoms with Crippen LogP contribution in [0.15, 0.2) is 76.3 Å². The molecule has 0 bridgehead atoms. The average molecular weight is 598 g/mol. The Morgan fingerprint density at radius 3 is 2.00 bits per heavy atom. The van der Waals surface area contributed by atoms with Crippen LogP contribution in [-0.4, -0.2) is 30.0 Å². The maximum atomic E-state index is 12.2. The molecule has 216 valence electrons. The summed E-state index contributed by atoms with van der Waals surface area (Å²) in [7, 11) is 3.14. The molecule has 1 amide bonds. The summed E-state index contributed by atoms with van der Waals surface area (Å²) in [6, 6.07) is 19.4. The second kappa shape index (κ2) is 14.2. The van der Waals surface area contributed by atoms with Crippen molar-refractivity contribution in [1.29, 1.82) is 0 Å². The van der Waals surface area contributed by atoms with Crippen molar-refractivity contribution in [2.75, 3.05) is 24.7 Å². The third-order valence-corrected chi connectivity index (χ3v) is 7.01. The van der Waals surface area contributed by atoms with E-state index in [1.165, 1.54) is 17.0 Å². The number of rotatable bonds is 9. The largest absolute Gasteiger partial charge is 0.505 e. The van der Waals surface area contributed by atoms with Gasteiger partial charge in [0.2, 0.25) is 0 Å². The molecule has 0 spiro atoms. The number of nitrogens with one attached hydrogen (secondary N) is 2. The van der Waals surface area contributed by atoms with Crippen LogP contribution in [0.1, 0.15) is 60.3 Å². The van der Waals surface area contributed by atoms with Gasteiger partial charge in [0.25, 0.3) is 16.8 Å². The van der Waals surface area contributed by atoms with E-state index in [2.05, 4.69) is 17.6 Å². The number of anilines is 3. The maximum absolute atomic E-state index is 12.2. The SMILES string of the molecule is CCC(N)c1cccc(Cl)c1.CCC(Nc1c(Nc2cccc(C(=O)N(C)C)c2O)c(=O)c1=O)c1cccc(Cl)c1. The fraction of sp³-hybridized carbons (Fsp3) is 0.258. The van der Waals surface area contributed by atoms with Gasteiger partial charge in [0, 0.05) is 30.2 Å². The van der Waals surface area contributed by atoms with Gasteiger partial charge in [-0.3, -0.25) is 14.4 Å². The minimum atomic E-state index is -0.692. The van der Waals surface area contributed by atoms with Gasteiger partial charge in [-0.2, -0.15) is 0 Å². The lowest BCUT2D eigenvalue weighted by atomic mass is 10.0. The number of halogens is 2. The maximum Gasteiger partial charge on any atom is 0.257 e. The minimum absolute atomic E-state index is 0.0465. The van der Waals surface area contributed by atoms with E-state index in [-0.39, 0.29) is 46.4 Å². The van der Waals surface area contributed by atoms with Crippen LogP contribution in [0.3, 0.4) is 0 Å². The van der Waals surface area contributed by atoms with Crippen LogP contribution >= 0.6 is 23.2 Å². The molecule has 0 radical (unpaired) electrons. The van der Waals surface area contributed by atoms with Crippen LogP contribution in [0.5, 0.6) is 5.75 Å². The molecule has 8 nitrogen and oxygen atoms in total. The Bertz CT molecular complexity index is 1580. The topological polar surface area (TPSA) is 125 Å². The molecule has 0 aromatic heterocycles. The van der Waals surface area contributed by atoms with E-state index >= 15 is 0 Å². The van der Waals surface area contributed by atoms with Gasteiger partial charge < -0.3 is 26.4 Å². The van der Waals surface area contributed by atoms with Crippen molar-refractivity contribution in [1.82, 2.24) is 4.90 Å². The average Bonchev–Trinajstić information content (AvgIpc) is 2.96. The molecular weight excluding hydrogens is 563 g/mol. The van der Waals surface area contributed by atoms with Gasteiger partial charge in [0.05, 0.1) is 17.3 Å². The van der Waals surface area contributed by atoms with Gasteiger partial charge in [-0.05, 0) is 60.4 Å². The smallest absolute Gasteiger partial charge is 0.257 e. The highest BCUT2D eigenvalue weighted by Gasteiger charge is 2.25. The Hall–Kier alpha value is -3.85. The molecule has 0 aliphatic carbocycles. The number of nitrogens with two attached hydrogens (primary N) is 1. The highest BCUT2D eigenvalue weighted by molar-refractivity contribution is 6.30. The molecule has 0 fully saturated rings. The Balaban J connectivity index is 0.000000352. The Morgan fingerprint density at radius 1 is 0.878 bits per heavy atom. The lowest BCUT2D eigenvalue weighted by Crippen LogP contribution is -2.37. The van der Waals surface area contributed by atoms with Crippen molar-refractivity contribution < 1.29 is 9.90 Å². The summed E-state index contributed by atoms with van der Waals surface area (Å²) in [6.45, 7) is 4.00. The van der Waals surface area contributed by atoms with Crippen molar-refractivity contribution in [3.63, 3.8) is 0 Å². The van der Waals surface area contributed by atoms with Crippen LogP contribution in [0.25, 0.3) is 0 Å². The molecule has 4 aromatic carbocycles. The molecular formula is C31H34Cl2N4O4. The zero-order chi connectivity index (χ0) is 30.3. The number of amides is 1. The second-order valence-electron chi connectivity index (χ2n) is 9.66. The highest BCUT2D eigenvalue weighted by Crippen LogP contribution is 2.33. The zero-order valence-corrected chi connectivity index (χ0v) is 24.9. The molecule has 2 unspecified atom stereocenters. The fourth-order valence-electron chi connectivity index (χ4n) is 4.13. The number of aromatic hydroxyl groups is 1. The number of carbonyl (C=O) groups excluding carboxylic acids is 1. The Morgan fingerprint density at radius 2 is 1.44 bits per heavy atom. The third-order valence-electron chi connectivity index (χ3n) is 6.54. The summed E-state index contributed by atoms with van der Waals surface area (Å²) in [5.74, 6) is -0.677. The number of nitrogens with zero attached hydrogens (tertiary/aromatic N) is 1. The standard InChI is InChI=1S/C22H22ClN3O4.C9H12ClN/c1-4-15(12-7-5-8-13(23)11-12)24-17-18(21(29)20(17)28)25-16-10-6-9-14(19(16)27)22(30)26(2)3;1-2-9(11)7-4-3-5-8(10)6-7/h5-11,15,24-25,27H,4H2,1-3H3;3-6,9H,2,11H2,1H3. The molecule has 5 N–H and O–H groups in total. The van der Waals surface area contributed by atoms with E-state index in [1.54, 1.807) is 32.3 Å². The van der Waals surface area contributed by atoms with Gasteiger partial charge in [-0.1, -0.05) is 67.4 Å². The number of phenolic OH excluding ortho intramolecular Hbond substituents is 1. The van der Waals surface area contributed by atoms with Crippen molar-refractivity contribution in [2.24, 2.45) is 5.73 Å². The van der Waals surface area contributed by atoms with E-state index in [4.69, 9.17) is 28.9 Å². The summed E-state index contributed by atoms with van der Waals surface area (Å²) >= 11 is 11.9. The second-order valence-corrected chi connectivity index (χ2v) is 10.5. The number of para-hydroxylation sites is 1. The van der Waals surface area contributed by atoms with Crippen LogP contribution < -0.4 is 27.2 Å². The lowest BCUT2D eigenvalue weighted by Gasteiger charge is -2.22. The summed E-state index contributed by atoms with van der Waals surface area (Å²) in [5, 5.41) is 17.7. The van der Waals surface area contributed by atoms with Crippen LogP contribution in [0.4, 0.5) is 17.1 Å². The highest BCUT2D eigenvalue weighted by atomic mass is 35.5. The van der Waals surface area contributed by atoms with Crippen LogP contribution in [0, 0.1) is 0 Å². The normalized spacial score (nSPS) is 12.2. The van der Waals surface area contributed by atoms with E-state index in [0.29, 0.717) is 11.4 Å². The van der Waals surface area contributed by atoms with Crippen molar-refractivity contribution in [3.05, 3.63) is 114 Å². The van der Waals surface area contributed by atoms with Gasteiger partial charge in [0.15, 0.2) is 5.75 Å². The van der Waals surface area contributed by atoms with Crippen molar-refractivity contribution in [2.45, 2.75) is 38.8 Å². The summed E-state index contributed by atoms with van der Waals surface area (Å²) < 4.78 is 0. The number of hydrogen-bond donors (Lipinski definition) is 4. The monoisotopic (exact) mass is 596 g/mol. The molecule has 41 heavy (non-hydrogen) atoms. The number of hydrogen-bond acceptors (Lipinski definition) is 7. The Labute approximate surface area is 249 Å². The molecule has 2 atom stereocenters. The first-order valence-electron chi connectivity index (χ1n) is 13.1. The summed E-state index contributed by atoms with van der Waals surface area (Å²) in [6.07, 6.45) is 1.59. The van der Waals surface area contributed by atoms with E-state index in [0.717, 1.165) is 22.6 Å². The number of phenols is 1. The van der Waals surface area contributed by atoms with Crippen LogP contribution in [-0.2, 0) is 0 Å². The first-order valence-corrected chi connectivity index (χ1v) is 13.9. The lowest BCUT2D eigenvalue weighted by molar-refractivity contribution is 0.0824. The zero-order valence-electron chi connectivity index (χ0n) is 23.4. The van der Waals surface area contributed by atoms with E-state index in [9.17, 15) is 19.5 Å². The van der Waals surface area contributed by atoms with Crippen molar-refractivity contribution in [3.8, 4) is 5.75 Å². The summed E-state index contributed by atoms with van der Waals surface area (Å²) in [4.78, 5) is 37.9. The minimum Gasteiger partial charge on any atom is -0.505 e. The molecule has 10 heteroatoms. The third kappa shape index (κ3) is 7.67.